The number of aryl methyl sites for hydroxylation is 1. The quantitative estimate of drug-likeness (QED) is 0.222. The van der Waals surface area contributed by atoms with Crippen LogP contribution in [-0.2, 0) is 26.2 Å². The highest BCUT2D eigenvalue weighted by molar-refractivity contribution is 9.10. The predicted molar refractivity (Wildman–Crippen MR) is 178 cm³/mol. The van der Waals surface area contributed by atoms with Crippen molar-refractivity contribution < 1.29 is 22.7 Å². The Morgan fingerprint density at radius 1 is 1.02 bits per heavy atom. The summed E-state index contributed by atoms with van der Waals surface area (Å²) in [6.45, 7) is 3.37. The zero-order chi connectivity index (χ0) is 31.9. The number of hydrogen-bond acceptors (Lipinski definition) is 5. The van der Waals surface area contributed by atoms with Gasteiger partial charge in [0.15, 0.2) is 0 Å². The van der Waals surface area contributed by atoms with Gasteiger partial charge in [0.05, 0.1) is 22.2 Å². The summed E-state index contributed by atoms with van der Waals surface area (Å²) < 4.78 is 35.2. The summed E-state index contributed by atoms with van der Waals surface area (Å²) in [5, 5.41) is 3.71. The molecule has 3 aromatic carbocycles. The molecule has 1 saturated carbocycles. The Morgan fingerprint density at radius 2 is 1.68 bits per heavy atom. The first-order valence-corrected chi connectivity index (χ1v) is 17.4. The van der Waals surface area contributed by atoms with E-state index in [-0.39, 0.29) is 23.4 Å². The highest BCUT2D eigenvalue weighted by atomic mass is 79.9. The third kappa shape index (κ3) is 8.34. The highest BCUT2D eigenvalue weighted by Crippen LogP contribution is 2.31. The number of nitrogens with one attached hydrogen (secondary N) is 1. The van der Waals surface area contributed by atoms with Gasteiger partial charge in [0.25, 0.3) is 10.0 Å². The van der Waals surface area contributed by atoms with Gasteiger partial charge in [0.1, 0.15) is 18.3 Å². The zero-order valence-corrected chi connectivity index (χ0v) is 28.4. The van der Waals surface area contributed by atoms with E-state index in [9.17, 15) is 18.0 Å². The molecule has 0 bridgehead atoms. The third-order valence-electron chi connectivity index (χ3n) is 7.92. The topological polar surface area (TPSA) is 96.0 Å². The molecule has 1 aliphatic carbocycles. The van der Waals surface area contributed by atoms with Crippen LogP contribution in [0, 0.1) is 6.92 Å². The van der Waals surface area contributed by atoms with Crippen LogP contribution in [0.1, 0.15) is 56.6 Å². The molecule has 11 heteroatoms. The van der Waals surface area contributed by atoms with E-state index in [4.69, 9.17) is 16.3 Å². The van der Waals surface area contributed by atoms with Crippen molar-refractivity contribution >= 4 is 55.1 Å². The van der Waals surface area contributed by atoms with Crippen molar-refractivity contribution in [2.45, 2.75) is 75.9 Å². The highest BCUT2D eigenvalue weighted by Gasteiger charge is 2.34. The SMILES string of the molecule is CC[C@@H](C(=O)NC1CCCCC1)N(Cc1ccc(Cl)cc1)C(=O)CN(c1ccc(C)cc1)S(=O)(=O)c1ccc(OC)c(Br)c1. The normalized spacial score (nSPS) is 14.5. The van der Waals surface area contributed by atoms with Gasteiger partial charge in [-0.05, 0) is 90.1 Å². The molecule has 1 N–H and O–H groups in total. The van der Waals surface area contributed by atoms with Crippen LogP contribution < -0.4 is 14.4 Å². The Morgan fingerprint density at radius 3 is 2.27 bits per heavy atom. The van der Waals surface area contributed by atoms with Crippen LogP contribution in [0.15, 0.2) is 76.1 Å². The maximum Gasteiger partial charge on any atom is 0.264 e. The maximum absolute atomic E-state index is 14.3. The number of halogens is 2. The molecule has 0 aliphatic heterocycles. The average molecular weight is 705 g/mol. The number of benzene rings is 3. The van der Waals surface area contributed by atoms with E-state index in [0.29, 0.717) is 27.4 Å². The number of ether oxygens (including phenoxy) is 1. The van der Waals surface area contributed by atoms with Crippen LogP contribution in [0.4, 0.5) is 5.69 Å². The van der Waals surface area contributed by atoms with E-state index in [1.807, 2.05) is 13.8 Å². The lowest BCUT2D eigenvalue weighted by molar-refractivity contribution is -0.140. The van der Waals surface area contributed by atoms with Crippen molar-refractivity contribution in [3.63, 3.8) is 0 Å². The van der Waals surface area contributed by atoms with Gasteiger partial charge in [-0.15, -0.1) is 0 Å². The molecule has 1 atom stereocenters. The van der Waals surface area contributed by atoms with Gasteiger partial charge >= 0.3 is 0 Å². The summed E-state index contributed by atoms with van der Waals surface area (Å²) >= 11 is 9.50. The number of carbonyl (C=O) groups excluding carboxylic acids is 2. The lowest BCUT2D eigenvalue weighted by atomic mass is 9.95. The van der Waals surface area contributed by atoms with Crippen LogP contribution in [-0.4, -0.2) is 50.9 Å². The molecule has 0 aromatic heterocycles. The standard InChI is InChI=1S/C33H39BrClN3O5S/c1-4-30(33(40)36-26-8-6-5-7-9-26)37(21-24-12-14-25(35)15-13-24)32(39)22-38(27-16-10-23(2)11-17-27)44(41,42)28-18-19-31(43-3)29(34)20-28/h10-20,26,30H,4-9,21-22H2,1-3H3,(H,36,40)/t30-/m0/s1. The molecule has 236 valence electrons. The van der Waals surface area contributed by atoms with Gasteiger partial charge in [0, 0.05) is 17.6 Å². The van der Waals surface area contributed by atoms with E-state index >= 15 is 0 Å². The first-order chi connectivity index (χ1) is 21.0. The van der Waals surface area contributed by atoms with Crippen LogP contribution in [0.25, 0.3) is 0 Å². The minimum absolute atomic E-state index is 0.00937. The molecule has 8 nitrogen and oxygen atoms in total. The van der Waals surface area contributed by atoms with Crippen molar-refractivity contribution in [1.29, 1.82) is 0 Å². The van der Waals surface area contributed by atoms with Gasteiger partial charge in [0.2, 0.25) is 11.8 Å². The van der Waals surface area contributed by atoms with E-state index in [1.165, 1.54) is 24.1 Å². The molecule has 0 spiro atoms. The number of anilines is 1. The Bertz CT molecular complexity index is 1540. The van der Waals surface area contributed by atoms with Gasteiger partial charge in [-0.3, -0.25) is 13.9 Å². The fourth-order valence-corrected chi connectivity index (χ4v) is 7.68. The van der Waals surface area contributed by atoms with Crippen LogP contribution in [0.5, 0.6) is 5.75 Å². The molecule has 4 rings (SSSR count). The maximum atomic E-state index is 14.3. The number of rotatable bonds is 12. The zero-order valence-electron chi connectivity index (χ0n) is 25.3. The van der Waals surface area contributed by atoms with Crippen LogP contribution in [0.3, 0.4) is 0 Å². The second kappa shape index (κ2) is 15.3. The monoisotopic (exact) mass is 703 g/mol. The summed E-state index contributed by atoms with van der Waals surface area (Å²) in [7, 11) is -2.72. The van der Waals surface area contributed by atoms with Crippen molar-refractivity contribution in [2.75, 3.05) is 18.0 Å². The van der Waals surface area contributed by atoms with Crippen molar-refractivity contribution in [1.82, 2.24) is 10.2 Å². The Kier molecular flexibility index (Phi) is 11.7. The van der Waals surface area contributed by atoms with Gasteiger partial charge < -0.3 is 15.0 Å². The summed E-state index contributed by atoms with van der Waals surface area (Å²) in [6.07, 6.45) is 5.44. The molecular weight excluding hydrogens is 666 g/mol. The number of methoxy groups -OCH3 is 1. The first-order valence-electron chi connectivity index (χ1n) is 14.8. The molecule has 1 aliphatic rings. The molecule has 2 amide bonds. The largest absolute Gasteiger partial charge is 0.496 e. The van der Waals surface area contributed by atoms with Crippen molar-refractivity contribution in [3.05, 3.63) is 87.4 Å². The summed E-state index contributed by atoms with van der Waals surface area (Å²) in [5.74, 6) is -0.251. The molecule has 0 saturated heterocycles. The second-order valence-electron chi connectivity index (χ2n) is 11.1. The number of hydrogen-bond donors (Lipinski definition) is 1. The lowest BCUT2D eigenvalue weighted by Gasteiger charge is -2.34. The molecule has 44 heavy (non-hydrogen) atoms. The van der Waals surface area contributed by atoms with Crippen LogP contribution >= 0.6 is 27.5 Å². The minimum Gasteiger partial charge on any atom is -0.496 e. The molecule has 3 aromatic rings. The van der Waals surface area contributed by atoms with E-state index in [1.54, 1.807) is 54.6 Å². The fraction of sp³-hybridized carbons (Fsp3) is 0.394. The third-order valence-corrected chi connectivity index (χ3v) is 10.6. The Labute approximate surface area is 273 Å². The Balaban J connectivity index is 1.71. The van der Waals surface area contributed by atoms with Crippen molar-refractivity contribution in [2.24, 2.45) is 0 Å². The van der Waals surface area contributed by atoms with Gasteiger partial charge in [-0.2, -0.15) is 0 Å². The molecule has 0 heterocycles. The average Bonchev–Trinajstić information content (AvgIpc) is 3.01. The number of amides is 2. The lowest BCUT2D eigenvalue weighted by Crippen LogP contribution is -2.54. The second-order valence-corrected chi connectivity index (χ2v) is 14.2. The number of nitrogens with zero attached hydrogens (tertiary/aromatic N) is 2. The summed E-state index contributed by atoms with van der Waals surface area (Å²) in [5.41, 5.74) is 2.05. The Hall–Kier alpha value is -3.08. The van der Waals surface area contributed by atoms with E-state index < -0.39 is 28.5 Å². The molecule has 0 radical (unpaired) electrons. The predicted octanol–water partition coefficient (Wildman–Crippen LogP) is 6.87. The van der Waals surface area contributed by atoms with Crippen molar-refractivity contribution in [3.8, 4) is 5.75 Å². The number of sulfonamides is 1. The smallest absolute Gasteiger partial charge is 0.264 e. The molecule has 0 unspecified atom stereocenters. The fourth-order valence-electron chi connectivity index (χ4n) is 5.42. The molecule has 1 fully saturated rings. The minimum atomic E-state index is -4.21. The number of carbonyl (C=O) groups is 2. The first kappa shape index (κ1) is 33.8. The van der Waals surface area contributed by atoms with E-state index in [2.05, 4.69) is 21.2 Å². The summed E-state index contributed by atoms with van der Waals surface area (Å²) in [4.78, 5) is 29.4. The van der Waals surface area contributed by atoms with Crippen LogP contribution in [0.2, 0.25) is 5.02 Å². The van der Waals surface area contributed by atoms with Gasteiger partial charge in [-0.1, -0.05) is 67.6 Å². The summed E-state index contributed by atoms with van der Waals surface area (Å²) in [6, 6.07) is 17.7. The van der Waals surface area contributed by atoms with E-state index in [0.717, 1.165) is 47.5 Å². The van der Waals surface area contributed by atoms with Gasteiger partial charge in [-0.25, -0.2) is 8.42 Å². The molecular formula is C33H39BrClN3O5S.